The van der Waals surface area contributed by atoms with Crippen molar-refractivity contribution in [3.63, 3.8) is 0 Å². The smallest absolute Gasteiger partial charge is 0.258 e. The monoisotopic (exact) mass is 428 g/mol. The van der Waals surface area contributed by atoms with Gasteiger partial charge in [0.15, 0.2) is 4.87 Å². The maximum absolute atomic E-state index is 14.0. The van der Waals surface area contributed by atoms with E-state index in [2.05, 4.69) is 10.6 Å². The van der Waals surface area contributed by atoms with Crippen molar-refractivity contribution in [2.45, 2.75) is 29.5 Å². The number of hydrogen-bond acceptors (Lipinski definition) is 4. The van der Waals surface area contributed by atoms with E-state index in [4.69, 9.17) is 11.6 Å². The van der Waals surface area contributed by atoms with Crippen molar-refractivity contribution in [1.29, 1.82) is 0 Å². The lowest BCUT2D eigenvalue weighted by atomic mass is 10.1. The van der Waals surface area contributed by atoms with Gasteiger partial charge in [-0.15, -0.1) is 0 Å². The molecule has 0 aromatic heterocycles. The average molecular weight is 429 g/mol. The molecule has 0 radical (unpaired) electrons. The molecule has 1 amide bonds. The first kappa shape index (κ1) is 20.7. The lowest BCUT2D eigenvalue weighted by molar-refractivity contribution is 0.0908. The van der Waals surface area contributed by atoms with Crippen molar-refractivity contribution >= 4 is 27.3 Å². The zero-order valence-electron chi connectivity index (χ0n) is 15.1. The molecular formula is C19H19ClF2N2O3S. The molecule has 0 aliphatic carbocycles. The van der Waals surface area contributed by atoms with Crippen LogP contribution in [0.15, 0.2) is 41.3 Å². The minimum Gasteiger partial charge on any atom is -0.331 e. The molecule has 0 bridgehead atoms. The van der Waals surface area contributed by atoms with Crippen molar-refractivity contribution in [1.82, 2.24) is 10.6 Å². The molecule has 0 spiro atoms. The standard InChI is InChI=1S/C19H19ClF2N2O3S/c1-12-13(20)5-2-8-16(12)28(26,27)19(9-4-10-23-11-19)24-18(25)17-14(21)6-3-7-15(17)22/h2-3,5-8,23H,4,9-11H2,1H3,(H,24,25)/t19-/m0/s1. The van der Waals surface area contributed by atoms with Crippen LogP contribution < -0.4 is 10.6 Å². The summed E-state index contributed by atoms with van der Waals surface area (Å²) in [6.07, 6.45) is 0.551. The Kier molecular flexibility index (Phi) is 5.74. The molecule has 1 aliphatic rings. The lowest BCUT2D eigenvalue weighted by Gasteiger charge is -2.38. The van der Waals surface area contributed by atoms with Crippen molar-refractivity contribution in [2.24, 2.45) is 0 Å². The number of carbonyl (C=O) groups excluding carboxylic acids is 1. The van der Waals surface area contributed by atoms with E-state index in [0.29, 0.717) is 18.5 Å². The molecule has 2 N–H and O–H groups in total. The second-order valence-corrected chi connectivity index (χ2v) is 9.33. The lowest BCUT2D eigenvalue weighted by Crippen LogP contribution is -2.62. The highest BCUT2D eigenvalue weighted by Gasteiger charge is 2.48. The molecule has 1 heterocycles. The van der Waals surface area contributed by atoms with Gasteiger partial charge in [-0.3, -0.25) is 4.79 Å². The Morgan fingerprint density at radius 2 is 1.82 bits per heavy atom. The fraction of sp³-hybridized carbons (Fsp3) is 0.316. The molecule has 9 heteroatoms. The van der Waals surface area contributed by atoms with E-state index in [9.17, 15) is 22.0 Å². The van der Waals surface area contributed by atoms with Gasteiger partial charge in [0.25, 0.3) is 5.91 Å². The van der Waals surface area contributed by atoms with Gasteiger partial charge in [0.05, 0.1) is 4.90 Å². The molecule has 0 unspecified atom stereocenters. The third kappa shape index (κ3) is 3.52. The number of hydrogen-bond donors (Lipinski definition) is 2. The van der Waals surface area contributed by atoms with E-state index in [1.165, 1.54) is 12.1 Å². The molecule has 1 fully saturated rings. The Labute approximate surface area is 167 Å². The minimum absolute atomic E-state index is 0.0296. The molecule has 3 rings (SSSR count). The van der Waals surface area contributed by atoms with Gasteiger partial charge in [-0.2, -0.15) is 0 Å². The van der Waals surface area contributed by atoms with E-state index >= 15 is 0 Å². The summed E-state index contributed by atoms with van der Waals surface area (Å²) in [5, 5.41) is 5.63. The second kappa shape index (κ2) is 7.77. The van der Waals surface area contributed by atoms with Gasteiger partial charge < -0.3 is 10.6 Å². The number of amides is 1. The SMILES string of the molecule is Cc1c(Cl)cccc1S(=O)(=O)[C@@]1(NC(=O)c2c(F)cccc2F)CCCNC1. The van der Waals surface area contributed by atoms with Crippen LogP contribution in [0.1, 0.15) is 28.8 Å². The number of sulfone groups is 1. The van der Waals surface area contributed by atoms with E-state index in [-0.39, 0.29) is 22.9 Å². The van der Waals surface area contributed by atoms with Crippen LogP contribution in [-0.2, 0) is 9.84 Å². The number of carbonyl (C=O) groups is 1. The quantitative estimate of drug-likeness (QED) is 0.784. The Morgan fingerprint density at radius 3 is 2.43 bits per heavy atom. The van der Waals surface area contributed by atoms with Crippen LogP contribution in [0.4, 0.5) is 8.78 Å². The maximum atomic E-state index is 14.0. The second-order valence-electron chi connectivity index (χ2n) is 6.69. The molecule has 1 aliphatic heterocycles. The van der Waals surface area contributed by atoms with E-state index in [1.54, 1.807) is 13.0 Å². The van der Waals surface area contributed by atoms with E-state index in [1.807, 2.05) is 0 Å². The third-order valence-corrected chi connectivity index (χ3v) is 7.81. The van der Waals surface area contributed by atoms with Gasteiger partial charge >= 0.3 is 0 Å². The summed E-state index contributed by atoms with van der Waals surface area (Å²) in [4.78, 5) is 10.9. The first-order valence-electron chi connectivity index (χ1n) is 8.66. The van der Waals surface area contributed by atoms with E-state index < -0.39 is 37.8 Å². The van der Waals surface area contributed by atoms with Crippen LogP contribution in [0.3, 0.4) is 0 Å². The number of piperidine rings is 1. The third-order valence-electron chi connectivity index (χ3n) is 4.90. The summed E-state index contributed by atoms with van der Waals surface area (Å²) in [7, 11) is -4.13. The van der Waals surface area contributed by atoms with Gasteiger partial charge in [0.2, 0.25) is 9.84 Å². The molecule has 1 saturated heterocycles. The van der Waals surface area contributed by atoms with Gasteiger partial charge in [-0.25, -0.2) is 17.2 Å². The van der Waals surface area contributed by atoms with Gasteiger partial charge in [0, 0.05) is 11.6 Å². The number of halogens is 3. The van der Waals surface area contributed by atoms with Crippen LogP contribution in [-0.4, -0.2) is 32.3 Å². The highest BCUT2D eigenvalue weighted by molar-refractivity contribution is 7.93. The van der Waals surface area contributed by atoms with Crippen molar-refractivity contribution in [2.75, 3.05) is 13.1 Å². The molecule has 1 atom stereocenters. The van der Waals surface area contributed by atoms with E-state index in [0.717, 1.165) is 18.2 Å². The first-order valence-corrected chi connectivity index (χ1v) is 10.5. The number of nitrogens with one attached hydrogen (secondary N) is 2. The van der Waals surface area contributed by atoms with Crippen LogP contribution in [0.5, 0.6) is 0 Å². The van der Waals surface area contributed by atoms with Crippen molar-refractivity contribution < 1.29 is 22.0 Å². The fourth-order valence-electron chi connectivity index (χ4n) is 3.35. The molecule has 2 aromatic carbocycles. The molecule has 28 heavy (non-hydrogen) atoms. The zero-order valence-corrected chi connectivity index (χ0v) is 16.6. The van der Waals surface area contributed by atoms with Crippen LogP contribution >= 0.6 is 11.6 Å². The number of benzene rings is 2. The normalized spacial score (nSPS) is 20.0. The number of rotatable bonds is 4. The van der Waals surface area contributed by atoms with Crippen molar-refractivity contribution in [3.8, 4) is 0 Å². The van der Waals surface area contributed by atoms with Crippen LogP contribution in [0.25, 0.3) is 0 Å². The first-order chi connectivity index (χ1) is 13.2. The van der Waals surface area contributed by atoms with Crippen molar-refractivity contribution in [3.05, 3.63) is 64.2 Å². The van der Waals surface area contributed by atoms with Gasteiger partial charge in [-0.1, -0.05) is 23.7 Å². The Bertz CT molecular complexity index is 1000. The summed E-state index contributed by atoms with van der Waals surface area (Å²) in [5.74, 6) is -3.25. The summed E-state index contributed by atoms with van der Waals surface area (Å²) in [6.45, 7) is 2.04. The molecular weight excluding hydrogens is 410 g/mol. The largest absolute Gasteiger partial charge is 0.331 e. The molecule has 2 aromatic rings. The summed E-state index contributed by atoms with van der Waals surface area (Å²) in [6, 6.07) is 7.49. The summed E-state index contributed by atoms with van der Waals surface area (Å²) >= 11 is 6.08. The fourth-order valence-corrected chi connectivity index (χ4v) is 5.71. The van der Waals surface area contributed by atoms with Gasteiger partial charge in [-0.05, 0) is 56.1 Å². The molecule has 5 nitrogen and oxygen atoms in total. The molecule has 150 valence electrons. The predicted octanol–water partition coefficient (Wildman–Crippen LogP) is 3.21. The highest BCUT2D eigenvalue weighted by atomic mass is 35.5. The predicted molar refractivity (Wildman–Crippen MR) is 102 cm³/mol. The van der Waals surface area contributed by atoms with Gasteiger partial charge in [0.1, 0.15) is 17.2 Å². The maximum Gasteiger partial charge on any atom is 0.258 e. The summed E-state index contributed by atoms with van der Waals surface area (Å²) < 4.78 is 55.1. The minimum atomic E-state index is -4.13. The zero-order chi connectivity index (χ0) is 20.5. The summed E-state index contributed by atoms with van der Waals surface area (Å²) in [5.41, 5.74) is -0.467. The molecule has 0 saturated carbocycles. The van der Waals surface area contributed by atoms with Crippen LogP contribution in [0.2, 0.25) is 5.02 Å². The average Bonchev–Trinajstić information content (AvgIpc) is 2.64. The van der Waals surface area contributed by atoms with Crippen LogP contribution in [0, 0.1) is 18.6 Å². The highest BCUT2D eigenvalue weighted by Crippen LogP contribution is 2.34. The topological polar surface area (TPSA) is 75.3 Å². The Balaban J connectivity index is 2.09. The Hall–Kier alpha value is -2.03. The Morgan fingerprint density at radius 1 is 1.18 bits per heavy atom.